The van der Waals surface area contributed by atoms with Crippen LogP contribution in [0.15, 0.2) is 0 Å². The molecule has 0 radical (unpaired) electrons. The Morgan fingerprint density at radius 2 is 2.11 bits per heavy atom. The molecule has 0 aromatic heterocycles. The predicted molar refractivity (Wildman–Crippen MR) is 33.9 cm³/mol. The summed E-state index contributed by atoms with van der Waals surface area (Å²) in [6.45, 7) is 4.17. The number of rotatable bonds is 0. The fourth-order valence-electron chi connectivity index (χ4n) is 1.77. The van der Waals surface area contributed by atoms with Crippen LogP contribution in [0.5, 0.6) is 0 Å². The minimum absolute atomic E-state index is 0.00694. The normalized spacial score (nSPS) is 54.7. The summed E-state index contributed by atoms with van der Waals surface area (Å²) in [6, 6.07) is 0. The van der Waals surface area contributed by atoms with E-state index < -0.39 is 0 Å². The van der Waals surface area contributed by atoms with Crippen LogP contribution < -0.4 is 5.32 Å². The van der Waals surface area contributed by atoms with Crippen molar-refractivity contribution >= 4 is 5.91 Å². The van der Waals surface area contributed by atoms with Gasteiger partial charge in [-0.15, -0.1) is 0 Å². The maximum absolute atomic E-state index is 10.9. The van der Waals surface area contributed by atoms with Gasteiger partial charge in [0, 0.05) is 0 Å². The first-order valence-corrected chi connectivity index (χ1v) is 3.41. The van der Waals surface area contributed by atoms with E-state index in [2.05, 4.69) is 19.2 Å². The smallest absolute Gasteiger partial charge is 0.228 e. The largest absolute Gasteiger partial charge is 0.349 e. The van der Waals surface area contributed by atoms with Crippen molar-refractivity contribution in [3.63, 3.8) is 0 Å². The van der Waals surface area contributed by atoms with Gasteiger partial charge < -0.3 is 5.32 Å². The predicted octanol–water partition coefficient (Wildman–Crippen LogP) is 0.675. The average Bonchev–Trinajstić information content (AvgIpc) is 1.84. The van der Waals surface area contributed by atoms with E-state index in [-0.39, 0.29) is 16.9 Å². The third kappa shape index (κ3) is 0.319. The van der Waals surface area contributed by atoms with Crippen molar-refractivity contribution in [3.8, 4) is 0 Å². The molecule has 50 valence electrons. The molecule has 2 atom stereocenters. The maximum atomic E-state index is 10.9. The van der Waals surface area contributed by atoms with Gasteiger partial charge >= 0.3 is 0 Å². The number of hydrogen-bond donors (Lipinski definition) is 1. The lowest BCUT2D eigenvalue weighted by atomic mass is 9.50. The Morgan fingerprint density at radius 1 is 1.44 bits per heavy atom. The first kappa shape index (κ1) is 5.27. The molecule has 0 spiro atoms. The molecule has 2 aliphatic rings. The number of hydrogen-bond acceptors (Lipinski definition) is 1. The van der Waals surface area contributed by atoms with Crippen molar-refractivity contribution in [2.75, 3.05) is 0 Å². The summed E-state index contributed by atoms with van der Waals surface area (Å²) in [5.41, 5.74) is 0.178. The minimum atomic E-state index is 0.00694. The highest BCUT2D eigenvalue weighted by atomic mass is 16.2. The van der Waals surface area contributed by atoms with Gasteiger partial charge in [-0.3, -0.25) is 4.79 Å². The highest BCUT2D eigenvalue weighted by molar-refractivity contribution is 5.93. The van der Waals surface area contributed by atoms with Gasteiger partial charge in [-0.05, 0) is 26.7 Å². The van der Waals surface area contributed by atoms with Crippen molar-refractivity contribution in [2.45, 2.75) is 32.2 Å². The van der Waals surface area contributed by atoms with Crippen LogP contribution in [0.3, 0.4) is 0 Å². The monoisotopic (exact) mass is 125 g/mol. The van der Waals surface area contributed by atoms with Crippen LogP contribution in [0, 0.1) is 5.41 Å². The third-order valence-corrected chi connectivity index (χ3v) is 3.23. The zero-order valence-corrected chi connectivity index (χ0v) is 5.82. The molecule has 1 aliphatic heterocycles. The van der Waals surface area contributed by atoms with E-state index in [1.165, 1.54) is 0 Å². The van der Waals surface area contributed by atoms with Crippen LogP contribution in [0.25, 0.3) is 0 Å². The standard InChI is InChI=1S/C7H11NO/c1-6-3-4-7(6,2)8-5(6)9/h3-4H2,1-2H3,(H,8,9). The molecule has 1 N–H and O–H groups in total. The Kier molecular flexibility index (Phi) is 0.600. The number of fused-ring (bicyclic) bond motifs is 1. The first-order valence-electron chi connectivity index (χ1n) is 3.41. The summed E-state index contributed by atoms with van der Waals surface area (Å²) in [7, 11) is 0. The molecule has 2 rings (SSSR count). The molecular formula is C7H11NO. The molecule has 2 heteroatoms. The average molecular weight is 125 g/mol. The van der Waals surface area contributed by atoms with Crippen LogP contribution in [0.1, 0.15) is 26.7 Å². The van der Waals surface area contributed by atoms with Crippen LogP contribution in [-0.2, 0) is 4.79 Å². The van der Waals surface area contributed by atoms with Gasteiger partial charge in [-0.25, -0.2) is 0 Å². The van der Waals surface area contributed by atoms with E-state index in [0.717, 1.165) is 12.8 Å². The maximum Gasteiger partial charge on any atom is 0.228 e. The molecular weight excluding hydrogens is 114 g/mol. The van der Waals surface area contributed by atoms with Crippen LogP contribution >= 0.6 is 0 Å². The Morgan fingerprint density at radius 3 is 2.11 bits per heavy atom. The summed E-state index contributed by atoms with van der Waals surface area (Å²) in [5, 5.41) is 2.92. The van der Waals surface area contributed by atoms with Gasteiger partial charge in [-0.2, -0.15) is 0 Å². The molecule has 0 aromatic rings. The molecule has 0 bridgehead atoms. The molecule has 1 saturated carbocycles. The highest BCUT2D eigenvalue weighted by Crippen LogP contribution is 2.55. The Bertz CT molecular complexity index is 189. The Hall–Kier alpha value is -0.530. The van der Waals surface area contributed by atoms with Crippen LogP contribution in [-0.4, -0.2) is 11.4 Å². The van der Waals surface area contributed by atoms with Crippen molar-refractivity contribution in [1.29, 1.82) is 0 Å². The van der Waals surface area contributed by atoms with Crippen LogP contribution in [0.2, 0.25) is 0 Å². The fraction of sp³-hybridized carbons (Fsp3) is 0.857. The molecule has 2 unspecified atom stereocenters. The van der Waals surface area contributed by atoms with Gasteiger partial charge in [0.25, 0.3) is 0 Å². The van der Waals surface area contributed by atoms with Crippen molar-refractivity contribution < 1.29 is 4.79 Å². The summed E-state index contributed by atoms with van der Waals surface area (Å²) in [5.74, 6) is 0.247. The number of carbonyl (C=O) groups excluding carboxylic acids is 1. The summed E-state index contributed by atoms with van der Waals surface area (Å²) >= 11 is 0. The summed E-state index contributed by atoms with van der Waals surface area (Å²) < 4.78 is 0. The van der Waals surface area contributed by atoms with Gasteiger partial charge in [-0.1, -0.05) is 0 Å². The zero-order chi connectivity index (χ0) is 6.70. The first-order chi connectivity index (χ1) is 4.08. The van der Waals surface area contributed by atoms with Crippen molar-refractivity contribution in [1.82, 2.24) is 5.32 Å². The molecule has 2 fully saturated rings. The molecule has 1 amide bonds. The number of nitrogens with one attached hydrogen (secondary N) is 1. The zero-order valence-electron chi connectivity index (χ0n) is 5.82. The molecule has 0 aromatic carbocycles. The van der Waals surface area contributed by atoms with Gasteiger partial charge in [0.2, 0.25) is 5.91 Å². The molecule has 1 saturated heterocycles. The number of piperidine rings is 1. The number of amides is 1. The highest BCUT2D eigenvalue weighted by Gasteiger charge is 2.66. The second kappa shape index (κ2) is 1.02. The van der Waals surface area contributed by atoms with E-state index in [9.17, 15) is 4.79 Å². The van der Waals surface area contributed by atoms with E-state index in [1.54, 1.807) is 0 Å². The Balaban J connectivity index is 2.31. The fourth-order valence-corrected chi connectivity index (χ4v) is 1.77. The van der Waals surface area contributed by atoms with E-state index in [0.29, 0.717) is 0 Å². The minimum Gasteiger partial charge on any atom is -0.349 e. The number of β-lactam (4-membered cyclic amide) rings is 1. The quantitative estimate of drug-likeness (QED) is 0.474. The second-order valence-electron chi connectivity index (χ2n) is 3.62. The molecule has 9 heavy (non-hydrogen) atoms. The van der Waals surface area contributed by atoms with Gasteiger partial charge in [0.1, 0.15) is 0 Å². The SMILES string of the molecule is CC12CCC1(C)C(=O)N2. The van der Waals surface area contributed by atoms with Crippen molar-refractivity contribution in [3.05, 3.63) is 0 Å². The van der Waals surface area contributed by atoms with Crippen LogP contribution in [0.4, 0.5) is 0 Å². The topological polar surface area (TPSA) is 29.1 Å². The van der Waals surface area contributed by atoms with Gasteiger partial charge in [0.15, 0.2) is 0 Å². The summed E-state index contributed by atoms with van der Waals surface area (Å²) in [4.78, 5) is 10.9. The lowest BCUT2D eigenvalue weighted by Gasteiger charge is -2.63. The molecule has 1 aliphatic carbocycles. The summed E-state index contributed by atoms with van der Waals surface area (Å²) in [6.07, 6.45) is 2.24. The number of carbonyl (C=O) groups is 1. The second-order valence-corrected chi connectivity index (χ2v) is 3.62. The molecule has 1 heterocycles. The lowest BCUT2D eigenvalue weighted by Crippen LogP contribution is -2.79. The third-order valence-electron chi connectivity index (χ3n) is 3.23. The van der Waals surface area contributed by atoms with E-state index >= 15 is 0 Å². The molecule has 2 nitrogen and oxygen atoms in total. The van der Waals surface area contributed by atoms with E-state index in [4.69, 9.17) is 0 Å². The Labute approximate surface area is 54.6 Å². The van der Waals surface area contributed by atoms with E-state index in [1.807, 2.05) is 0 Å². The van der Waals surface area contributed by atoms with Gasteiger partial charge in [0.05, 0.1) is 11.0 Å². The van der Waals surface area contributed by atoms with Crippen molar-refractivity contribution in [2.24, 2.45) is 5.41 Å². The lowest BCUT2D eigenvalue weighted by molar-refractivity contribution is -0.170.